The predicted molar refractivity (Wildman–Crippen MR) is 91.4 cm³/mol. The normalized spacial score (nSPS) is 26.5. The molecule has 2 nitrogen and oxygen atoms in total. The van der Waals surface area contributed by atoms with Crippen LogP contribution >= 0.6 is 0 Å². The van der Waals surface area contributed by atoms with Gasteiger partial charge in [-0.3, -0.25) is 0 Å². The molecule has 1 fully saturated rings. The molecule has 1 aromatic carbocycles. The molecule has 1 N–H and O–H groups in total. The number of hydrogen-bond acceptors (Lipinski definition) is 2. The van der Waals surface area contributed by atoms with Crippen molar-refractivity contribution in [2.45, 2.75) is 40.2 Å². The summed E-state index contributed by atoms with van der Waals surface area (Å²) in [5.74, 6) is 2.32. The second-order valence-electron chi connectivity index (χ2n) is 7.09. The quantitative estimate of drug-likeness (QED) is 0.852. The first-order valence-corrected chi connectivity index (χ1v) is 8.60. The van der Waals surface area contributed by atoms with Crippen molar-refractivity contribution in [1.29, 1.82) is 0 Å². The minimum Gasteiger partial charge on any atom is -0.310 e. The van der Waals surface area contributed by atoms with Crippen LogP contribution in [0, 0.1) is 17.8 Å². The van der Waals surface area contributed by atoms with Crippen molar-refractivity contribution < 1.29 is 0 Å². The molecule has 1 saturated heterocycles. The number of nitrogens with zero attached hydrogens (tertiary/aromatic N) is 1. The molecule has 2 heteroatoms. The topological polar surface area (TPSA) is 15.3 Å². The van der Waals surface area contributed by atoms with Crippen LogP contribution in [0.4, 0.5) is 0 Å². The van der Waals surface area contributed by atoms with E-state index in [1.165, 1.54) is 31.6 Å². The lowest BCUT2D eigenvalue weighted by atomic mass is 9.89. The van der Waals surface area contributed by atoms with Crippen molar-refractivity contribution in [3.8, 4) is 0 Å². The number of rotatable bonds is 6. The van der Waals surface area contributed by atoms with E-state index in [1.807, 2.05) is 0 Å². The Labute approximate surface area is 130 Å². The fraction of sp³-hybridized carbons (Fsp3) is 0.684. The zero-order chi connectivity index (χ0) is 15.2. The van der Waals surface area contributed by atoms with E-state index in [0.717, 1.165) is 18.4 Å². The van der Waals surface area contributed by atoms with Crippen LogP contribution < -0.4 is 5.32 Å². The monoisotopic (exact) mass is 288 g/mol. The number of likely N-dealkylation sites (tertiary alicyclic amines) is 1. The lowest BCUT2D eigenvalue weighted by Gasteiger charge is -2.38. The van der Waals surface area contributed by atoms with Crippen LogP contribution in [0.3, 0.4) is 0 Å². The second-order valence-corrected chi connectivity index (χ2v) is 7.09. The van der Waals surface area contributed by atoms with Crippen LogP contribution in [0.15, 0.2) is 30.3 Å². The maximum absolute atomic E-state index is 3.68. The van der Waals surface area contributed by atoms with Gasteiger partial charge < -0.3 is 10.2 Å². The fourth-order valence-corrected chi connectivity index (χ4v) is 3.98. The molecule has 4 unspecified atom stereocenters. The van der Waals surface area contributed by atoms with E-state index in [-0.39, 0.29) is 0 Å². The maximum atomic E-state index is 3.68. The molecule has 118 valence electrons. The van der Waals surface area contributed by atoms with Crippen molar-refractivity contribution in [3.63, 3.8) is 0 Å². The smallest absolute Gasteiger partial charge is 0.0358 e. The largest absolute Gasteiger partial charge is 0.310 e. The van der Waals surface area contributed by atoms with E-state index >= 15 is 0 Å². The minimum atomic E-state index is 0.462. The zero-order valence-electron chi connectivity index (χ0n) is 14.2. The number of hydrogen-bond donors (Lipinski definition) is 1. The first-order chi connectivity index (χ1) is 10.1. The van der Waals surface area contributed by atoms with E-state index in [1.54, 1.807) is 0 Å². The van der Waals surface area contributed by atoms with E-state index in [2.05, 4.69) is 68.2 Å². The van der Waals surface area contributed by atoms with Gasteiger partial charge in [0.15, 0.2) is 0 Å². The standard InChI is InChI=1S/C19H32N2/c1-5-20-19(18-9-7-6-8-10-18)17(4)14-21-12-15(2)11-16(3)13-21/h6-10,15-17,19-20H,5,11-14H2,1-4H3. The third kappa shape index (κ3) is 4.82. The molecule has 21 heavy (non-hydrogen) atoms. The van der Waals surface area contributed by atoms with Gasteiger partial charge in [-0.1, -0.05) is 58.0 Å². The lowest BCUT2D eigenvalue weighted by Crippen LogP contribution is -2.43. The Morgan fingerprint density at radius 3 is 2.33 bits per heavy atom. The third-order valence-electron chi connectivity index (χ3n) is 4.64. The van der Waals surface area contributed by atoms with E-state index in [0.29, 0.717) is 12.0 Å². The third-order valence-corrected chi connectivity index (χ3v) is 4.64. The van der Waals surface area contributed by atoms with Gasteiger partial charge in [-0.25, -0.2) is 0 Å². The van der Waals surface area contributed by atoms with Gasteiger partial charge in [0.1, 0.15) is 0 Å². The van der Waals surface area contributed by atoms with Crippen LogP contribution in [-0.4, -0.2) is 31.1 Å². The maximum Gasteiger partial charge on any atom is 0.0358 e. The molecule has 0 amide bonds. The number of benzene rings is 1. The zero-order valence-corrected chi connectivity index (χ0v) is 14.2. The highest BCUT2D eigenvalue weighted by Gasteiger charge is 2.26. The van der Waals surface area contributed by atoms with E-state index < -0.39 is 0 Å². The van der Waals surface area contributed by atoms with Crippen LogP contribution in [0.2, 0.25) is 0 Å². The molecule has 0 radical (unpaired) electrons. The first kappa shape index (κ1) is 16.5. The molecule has 2 rings (SSSR count). The van der Waals surface area contributed by atoms with Crippen LogP contribution in [0.5, 0.6) is 0 Å². The highest BCUT2D eigenvalue weighted by Crippen LogP contribution is 2.26. The number of nitrogens with one attached hydrogen (secondary N) is 1. The Bertz CT molecular complexity index is 393. The van der Waals surface area contributed by atoms with Crippen molar-refractivity contribution >= 4 is 0 Å². The summed E-state index contributed by atoms with van der Waals surface area (Å²) < 4.78 is 0. The van der Waals surface area contributed by atoms with E-state index in [4.69, 9.17) is 0 Å². The van der Waals surface area contributed by atoms with Gasteiger partial charge in [-0.15, -0.1) is 0 Å². The molecule has 1 aliphatic heterocycles. The molecule has 0 aliphatic carbocycles. The summed E-state index contributed by atoms with van der Waals surface area (Å²) in [6.07, 6.45) is 1.39. The average Bonchev–Trinajstić information content (AvgIpc) is 2.44. The predicted octanol–water partition coefficient (Wildman–Crippen LogP) is 3.95. The minimum absolute atomic E-state index is 0.462. The highest BCUT2D eigenvalue weighted by molar-refractivity contribution is 5.19. The summed E-state index contributed by atoms with van der Waals surface area (Å²) in [7, 11) is 0. The Kier molecular flexibility index (Phi) is 6.25. The lowest BCUT2D eigenvalue weighted by molar-refractivity contribution is 0.116. The van der Waals surface area contributed by atoms with E-state index in [9.17, 15) is 0 Å². The van der Waals surface area contributed by atoms with Crippen molar-refractivity contribution in [2.24, 2.45) is 17.8 Å². The highest BCUT2D eigenvalue weighted by atomic mass is 15.1. The van der Waals surface area contributed by atoms with Gasteiger partial charge in [0.2, 0.25) is 0 Å². The molecule has 1 aliphatic rings. The fourth-order valence-electron chi connectivity index (χ4n) is 3.98. The van der Waals surface area contributed by atoms with Crippen molar-refractivity contribution in [1.82, 2.24) is 10.2 Å². The van der Waals surface area contributed by atoms with Crippen LogP contribution in [0.25, 0.3) is 0 Å². The molecule has 1 aromatic rings. The summed E-state index contributed by atoms with van der Waals surface area (Å²) in [5.41, 5.74) is 1.42. The van der Waals surface area contributed by atoms with Crippen LogP contribution in [0.1, 0.15) is 45.7 Å². The molecule has 4 atom stereocenters. The summed E-state index contributed by atoms with van der Waals surface area (Å²) in [4.78, 5) is 2.68. The summed E-state index contributed by atoms with van der Waals surface area (Å²) in [6.45, 7) is 14.1. The molecule has 0 saturated carbocycles. The molecule has 0 aromatic heterocycles. The molecule has 1 heterocycles. The molecule has 0 bridgehead atoms. The van der Waals surface area contributed by atoms with Crippen molar-refractivity contribution in [2.75, 3.05) is 26.2 Å². The average molecular weight is 288 g/mol. The van der Waals surface area contributed by atoms with Gasteiger partial charge in [-0.05, 0) is 36.3 Å². The Balaban J connectivity index is 2.00. The Morgan fingerprint density at radius 2 is 1.76 bits per heavy atom. The summed E-state index contributed by atoms with van der Waals surface area (Å²) >= 11 is 0. The number of piperidine rings is 1. The Hall–Kier alpha value is -0.860. The molecule has 0 spiro atoms. The summed E-state index contributed by atoms with van der Waals surface area (Å²) in [6, 6.07) is 11.4. The van der Waals surface area contributed by atoms with Gasteiger partial charge in [0, 0.05) is 25.7 Å². The SMILES string of the molecule is CCNC(c1ccccc1)C(C)CN1CC(C)CC(C)C1. The van der Waals surface area contributed by atoms with Gasteiger partial charge in [0.25, 0.3) is 0 Å². The summed E-state index contributed by atoms with van der Waals surface area (Å²) in [5, 5.41) is 3.68. The van der Waals surface area contributed by atoms with Crippen LogP contribution in [-0.2, 0) is 0 Å². The molecular weight excluding hydrogens is 256 g/mol. The van der Waals surface area contributed by atoms with Gasteiger partial charge in [0.05, 0.1) is 0 Å². The molecular formula is C19H32N2. The van der Waals surface area contributed by atoms with Crippen molar-refractivity contribution in [3.05, 3.63) is 35.9 Å². The Morgan fingerprint density at radius 1 is 1.14 bits per heavy atom. The second kappa shape index (κ2) is 7.95. The van der Waals surface area contributed by atoms with Gasteiger partial charge in [-0.2, -0.15) is 0 Å². The van der Waals surface area contributed by atoms with Gasteiger partial charge >= 0.3 is 0 Å². The first-order valence-electron chi connectivity index (χ1n) is 8.60.